The summed E-state index contributed by atoms with van der Waals surface area (Å²) in [5.41, 5.74) is -0.107. The first-order valence-electron chi connectivity index (χ1n) is 7.30. The van der Waals surface area contributed by atoms with Crippen LogP contribution in [0.1, 0.15) is 10.5 Å². The Labute approximate surface area is 148 Å². The molecular formula is C18H16BNO2PS. The van der Waals surface area contributed by atoms with Crippen molar-refractivity contribution < 1.29 is 4.92 Å². The molecule has 3 radical (unpaired) electrons. The van der Waals surface area contributed by atoms with Crippen LogP contribution in [0.25, 0.3) is 0 Å². The van der Waals surface area contributed by atoms with Crippen molar-refractivity contribution in [2.75, 3.05) is 6.54 Å². The molecule has 24 heavy (non-hydrogen) atoms. The third-order valence-corrected chi connectivity index (χ3v) is 7.51. The van der Waals surface area contributed by atoms with E-state index in [9.17, 15) is 10.1 Å². The van der Waals surface area contributed by atoms with Crippen molar-refractivity contribution in [3.05, 3.63) is 93.2 Å². The van der Waals surface area contributed by atoms with Gasteiger partial charge in [-0.1, -0.05) is 66.7 Å². The molecule has 1 atom stereocenters. The molecule has 0 saturated heterocycles. The maximum atomic E-state index is 11.3. The molecule has 6 heteroatoms. The van der Waals surface area contributed by atoms with E-state index >= 15 is 0 Å². The Morgan fingerprint density at radius 1 is 0.917 bits per heavy atom. The minimum atomic E-state index is -0.829. The zero-order valence-electron chi connectivity index (χ0n) is 13.0. The van der Waals surface area contributed by atoms with E-state index in [4.69, 9.17) is 0 Å². The highest BCUT2D eigenvalue weighted by Gasteiger charge is 2.30. The zero-order valence-corrected chi connectivity index (χ0v) is 14.7. The summed E-state index contributed by atoms with van der Waals surface area (Å²) in [7, 11) is -0.829. The van der Waals surface area contributed by atoms with E-state index in [2.05, 4.69) is 24.3 Å². The van der Waals surface area contributed by atoms with Crippen molar-refractivity contribution in [1.29, 1.82) is 0 Å². The smallest absolute Gasteiger partial charge is 0.215 e. The lowest BCUT2D eigenvalue weighted by atomic mass is 10.3. The first-order chi connectivity index (χ1) is 11.3. The Morgan fingerprint density at radius 2 is 1.46 bits per heavy atom. The summed E-state index contributed by atoms with van der Waals surface area (Å²) in [4.78, 5) is 12.2. The predicted octanol–water partition coefficient (Wildman–Crippen LogP) is 3.82. The lowest BCUT2D eigenvalue weighted by Crippen LogP contribution is -2.21. The SMILES string of the molecule is O=[N+]([O-])CC(c1cccs1)P(c1ccccc1)c1ccccc1.[B]. The van der Waals surface area contributed by atoms with E-state index in [-0.39, 0.29) is 25.5 Å². The van der Waals surface area contributed by atoms with Crippen LogP contribution in [-0.2, 0) is 0 Å². The Balaban J connectivity index is 0.00000208. The number of nitro groups is 1. The van der Waals surface area contributed by atoms with Crippen LogP contribution in [0.2, 0.25) is 0 Å². The predicted molar refractivity (Wildman–Crippen MR) is 104 cm³/mol. The Kier molecular flexibility index (Phi) is 6.71. The molecule has 0 saturated carbocycles. The summed E-state index contributed by atoms with van der Waals surface area (Å²) in [6.45, 7) is -0.0456. The van der Waals surface area contributed by atoms with Crippen LogP contribution in [0.4, 0.5) is 0 Å². The van der Waals surface area contributed by atoms with Crippen molar-refractivity contribution in [3.63, 3.8) is 0 Å². The summed E-state index contributed by atoms with van der Waals surface area (Å²) < 4.78 is 0. The number of rotatable bonds is 6. The van der Waals surface area contributed by atoms with Crippen LogP contribution in [0.5, 0.6) is 0 Å². The maximum Gasteiger partial charge on any atom is 0.215 e. The van der Waals surface area contributed by atoms with Crippen LogP contribution in [0.15, 0.2) is 78.2 Å². The largest absolute Gasteiger partial charge is 0.265 e. The minimum absolute atomic E-state index is 0. The molecule has 0 aliphatic rings. The molecule has 3 rings (SSSR count). The van der Waals surface area contributed by atoms with Crippen molar-refractivity contribution in [3.8, 4) is 0 Å². The van der Waals surface area contributed by atoms with Gasteiger partial charge in [0, 0.05) is 18.2 Å². The molecule has 0 N–H and O–H groups in total. The molecule has 3 nitrogen and oxygen atoms in total. The standard InChI is InChI=1S/C18H16NO2PS.B/c20-19(21)14-17(18-12-7-13-23-18)22(15-8-3-1-4-9-15)16-10-5-2-6-11-16;/h1-13,17H,14H2;. The second kappa shape index (κ2) is 8.77. The zero-order chi connectivity index (χ0) is 16.1. The van der Waals surface area contributed by atoms with Crippen LogP contribution < -0.4 is 10.6 Å². The van der Waals surface area contributed by atoms with Crippen molar-refractivity contribution in [2.45, 2.75) is 5.66 Å². The van der Waals surface area contributed by atoms with Crippen LogP contribution in [-0.4, -0.2) is 19.9 Å². The molecule has 0 aliphatic carbocycles. The third kappa shape index (κ3) is 4.31. The van der Waals surface area contributed by atoms with Crippen molar-refractivity contribution in [1.82, 2.24) is 0 Å². The summed E-state index contributed by atoms with van der Waals surface area (Å²) in [5, 5.41) is 15.6. The number of benzene rings is 2. The average molecular weight is 352 g/mol. The van der Waals surface area contributed by atoms with E-state index in [1.807, 2.05) is 53.9 Å². The van der Waals surface area contributed by atoms with Gasteiger partial charge in [-0.25, -0.2) is 0 Å². The summed E-state index contributed by atoms with van der Waals surface area (Å²) in [5.74, 6) is 0. The normalized spacial score (nSPS) is 11.7. The van der Waals surface area contributed by atoms with E-state index in [0.29, 0.717) is 0 Å². The van der Waals surface area contributed by atoms with Gasteiger partial charge >= 0.3 is 0 Å². The molecule has 2 aromatic carbocycles. The van der Waals surface area contributed by atoms with Crippen molar-refractivity contribution >= 4 is 38.3 Å². The Morgan fingerprint density at radius 3 is 1.88 bits per heavy atom. The van der Waals surface area contributed by atoms with Gasteiger partial charge in [0.05, 0.1) is 5.66 Å². The highest BCUT2D eigenvalue weighted by molar-refractivity contribution is 7.73. The average Bonchev–Trinajstić information content (AvgIpc) is 3.10. The summed E-state index contributed by atoms with van der Waals surface area (Å²) in [6.07, 6.45) is 0. The van der Waals surface area contributed by atoms with Gasteiger partial charge in [0.2, 0.25) is 6.54 Å². The topological polar surface area (TPSA) is 43.1 Å². The molecule has 1 aromatic heterocycles. The molecule has 0 amide bonds. The van der Waals surface area contributed by atoms with Crippen molar-refractivity contribution in [2.24, 2.45) is 0 Å². The number of hydrogen-bond donors (Lipinski definition) is 0. The highest BCUT2D eigenvalue weighted by Crippen LogP contribution is 2.50. The molecule has 119 valence electrons. The molecule has 0 aliphatic heterocycles. The van der Waals surface area contributed by atoms with Crippen LogP contribution >= 0.6 is 19.3 Å². The molecular weight excluding hydrogens is 336 g/mol. The monoisotopic (exact) mass is 352 g/mol. The van der Waals surface area contributed by atoms with Crippen LogP contribution in [0, 0.1) is 10.1 Å². The molecule has 0 bridgehead atoms. The van der Waals surface area contributed by atoms with Gasteiger partial charge in [-0.3, -0.25) is 10.1 Å². The second-order valence-corrected chi connectivity index (χ2v) is 8.46. The molecule has 0 fully saturated rings. The lowest BCUT2D eigenvalue weighted by Gasteiger charge is -2.25. The maximum absolute atomic E-state index is 11.3. The van der Waals surface area contributed by atoms with E-state index < -0.39 is 7.92 Å². The Bertz CT molecular complexity index is 714. The summed E-state index contributed by atoms with van der Waals surface area (Å²) >= 11 is 1.60. The fraction of sp³-hybridized carbons (Fsp3) is 0.111. The van der Waals surface area contributed by atoms with E-state index in [1.165, 1.54) is 10.6 Å². The molecule has 1 heterocycles. The Hall–Kier alpha value is -1.97. The summed E-state index contributed by atoms with van der Waals surface area (Å²) in [6, 6.07) is 24.3. The van der Waals surface area contributed by atoms with Gasteiger partial charge in [-0.15, -0.1) is 11.3 Å². The lowest BCUT2D eigenvalue weighted by molar-refractivity contribution is -0.479. The van der Waals surface area contributed by atoms with Gasteiger partial charge in [0.1, 0.15) is 0 Å². The van der Waals surface area contributed by atoms with Gasteiger partial charge in [-0.2, -0.15) is 0 Å². The second-order valence-electron chi connectivity index (χ2n) is 5.09. The van der Waals surface area contributed by atoms with E-state index in [1.54, 1.807) is 11.3 Å². The molecule has 1 unspecified atom stereocenters. The first-order valence-corrected chi connectivity index (χ1v) is 9.59. The molecule has 3 aromatic rings. The van der Waals surface area contributed by atoms with E-state index in [0.717, 1.165) is 4.88 Å². The fourth-order valence-electron chi connectivity index (χ4n) is 2.61. The minimum Gasteiger partial charge on any atom is -0.265 e. The first kappa shape index (κ1) is 18.4. The number of nitrogens with zero attached hydrogens (tertiary/aromatic N) is 1. The third-order valence-electron chi connectivity index (χ3n) is 3.57. The van der Waals surface area contributed by atoms with Gasteiger partial charge < -0.3 is 0 Å². The molecule has 0 spiro atoms. The number of thiophene rings is 1. The van der Waals surface area contributed by atoms with Crippen LogP contribution in [0.3, 0.4) is 0 Å². The fourth-order valence-corrected chi connectivity index (χ4v) is 6.45. The van der Waals surface area contributed by atoms with Gasteiger partial charge in [-0.05, 0) is 30.0 Å². The quantitative estimate of drug-likeness (QED) is 0.293. The highest BCUT2D eigenvalue weighted by atomic mass is 32.1. The van der Waals surface area contributed by atoms with Gasteiger partial charge in [0.15, 0.2) is 0 Å². The van der Waals surface area contributed by atoms with Gasteiger partial charge in [0.25, 0.3) is 0 Å². The number of hydrogen-bond acceptors (Lipinski definition) is 3.